The molecule has 3 N–H and O–H groups in total. The van der Waals surface area contributed by atoms with Gasteiger partial charge in [0.1, 0.15) is 0 Å². The second-order valence-electron chi connectivity index (χ2n) is 7.91. The van der Waals surface area contributed by atoms with Crippen LogP contribution in [0.4, 0.5) is 0 Å². The summed E-state index contributed by atoms with van der Waals surface area (Å²) in [6.07, 6.45) is 4.13. The molecule has 2 aliphatic heterocycles. The van der Waals surface area contributed by atoms with Gasteiger partial charge in [0.2, 0.25) is 11.8 Å². The number of nitrogens with one attached hydrogen (secondary N) is 3. The fraction of sp³-hybridized carbons (Fsp3) is 0.882. The van der Waals surface area contributed by atoms with Gasteiger partial charge in [-0.15, -0.1) is 0 Å². The fourth-order valence-electron chi connectivity index (χ4n) is 3.29. The van der Waals surface area contributed by atoms with E-state index in [1.54, 1.807) is 0 Å². The average molecular weight is 324 g/mol. The van der Waals surface area contributed by atoms with E-state index < -0.39 is 0 Å². The maximum atomic E-state index is 12.0. The van der Waals surface area contributed by atoms with E-state index in [2.05, 4.69) is 20.9 Å². The van der Waals surface area contributed by atoms with Gasteiger partial charge in [0.25, 0.3) is 0 Å². The molecule has 2 rings (SSSR count). The third-order valence-electron chi connectivity index (χ3n) is 4.53. The van der Waals surface area contributed by atoms with Crippen molar-refractivity contribution in [3.8, 4) is 0 Å². The van der Waals surface area contributed by atoms with Crippen LogP contribution in [0.1, 0.15) is 46.5 Å². The Balaban J connectivity index is 1.62. The van der Waals surface area contributed by atoms with Crippen molar-refractivity contribution in [3.63, 3.8) is 0 Å². The molecule has 2 aliphatic rings. The molecule has 0 aromatic carbocycles. The van der Waals surface area contributed by atoms with Crippen molar-refractivity contribution in [2.75, 3.05) is 32.7 Å². The molecule has 6 heteroatoms. The zero-order valence-electron chi connectivity index (χ0n) is 14.8. The Morgan fingerprint density at radius 3 is 2.43 bits per heavy atom. The lowest BCUT2D eigenvalue weighted by Crippen LogP contribution is -2.48. The highest BCUT2D eigenvalue weighted by molar-refractivity contribution is 5.82. The van der Waals surface area contributed by atoms with Gasteiger partial charge in [-0.1, -0.05) is 0 Å². The molecule has 0 spiro atoms. The minimum Gasteiger partial charge on any atom is -0.354 e. The van der Waals surface area contributed by atoms with Gasteiger partial charge in [-0.3, -0.25) is 14.5 Å². The van der Waals surface area contributed by atoms with E-state index in [4.69, 9.17) is 0 Å². The van der Waals surface area contributed by atoms with E-state index in [1.807, 2.05) is 20.8 Å². The Hall–Kier alpha value is -1.14. The predicted molar refractivity (Wildman–Crippen MR) is 91.1 cm³/mol. The van der Waals surface area contributed by atoms with Crippen molar-refractivity contribution in [1.29, 1.82) is 0 Å². The normalized spacial score (nSPS) is 23.7. The molecule has 132 valence electrons. The predicted octanol–water partition coefficient (Wildman–Crippen LogP) is 0.481. The minimum absolute atomic E-state index is 0.0104. The largest absolute Gasteiger partial charge is 0.354 e. The van der Waals surface area contributed by atoms with Crippen LogP contribution < -0.4 is 16.0 Å². The summed E-state index contributed by atoms with van der Waals surface area (Å²) in [4.78, 5) is 26.2. The topological polar surface area (TPSA) is 73.5 Å². The molecule has 0 saturated carbocycles. The zero-order chi connectivity index (χ0) is 16.9. The van der Waals surface area contributed by atoms with Gasteiger partial charge in [-0.25, -0.2) is 0 Å². The molecule has 0 aliphatic carbocycles. The number of likely N-dealkylation sites (tertiary alicyclic amines) is 1. The van der Waals surface area contributed by atoms with E-state index in [1.165, 1.54) is 0 Å². The zero-order valence-corrected chi connectivity index (χ0v) is 14.8. The highest BCUT2D eigenvalue weighted by atomic mass is 16.2. The lowest BCUT2D eigenvalue weighted by atomic mass is 9.96. The maximum absolute atomic E-state index is 12.0. The van der Waals surface area contributed by atoms with Crippen LogP contribution in [0.3, 0.4) is 0 Å². The Morgan fingerprint density at radius 1 is 1.17 bits per heavy atom. The number of rotatable bonds is 5. The molecule has 1 unspecified atom stereocenters. The lowest BCUT2D eigenvalue weighted by Gasteiger charge is -2.32. The average Bonchev–Trinajstić information content (AvgIpc) is 2.98. The van der Waals surface area contributed by atoms with E-state index >= 15 is 0 Å². The summed E-state index contributed by atoms with van der Waals surface area (Å²) in [6.45, 7) is 10.0. The standard InChI is InChI=1S/C17H32N4O2/c1-17(2,3)20-15(22)12-21-9-6-13(7-10-21)11-19-16(23)14-5-4-8-18-14/h13-14,18H,4-12H2,1-3H3,(H,19,23)(H,20,22). The van der Waals surface area contributed by atoms with Gasteiger partial charge in [-0.2, -0.15) is 0 Å². The van der Waals surface area contributed by atoms with Crippen LogP contribution in [0.25, 0.3) is 0 Å². The number of amides is 2. The molecule has 0 aromatic heterocycles. The van der Waals surface area contributed by atoms with Crippen molar-refractivity contribution in [3.05, 3.63) is 0 Å². The first-order chi connectivity index (χ1) is 10.8. The molecule has 0 aromatic rings. The van der Waals surface area contributed by atoms with Gasteiger partial charge in [0, 0.05) is 12.1 Å². The SMILES string of the molecule is CC(C)(C)NC(=O)CN1CCC(CNC(=O)C2CCCN2)CC1. The number of carbonyl (C=O) groups excluding carboxylic acids is 2. The van der Waals surface area contributed by atoms with Crippen LogP contribution in [0.5, 0.6) is 0 Å². The second kappa shape index (κ2) is 8.11. The Kier molecular flexibility index (Phi) is 6.41. The molecule has 1 atom stereocenters. The first-order valence-electron chi connectivity index (χ1n) is 8.88. The maximum Gasteiger partial charge on any atom is 0.237 e. The van der Waals surface area contributed by atoms with Gasteiger partial charge >= 0.3 is 0 Å². The van der Waals surface area contributed by atoms with Crippen LogP contribution in [0, 0.1) is 5.92 Å². The Bertz CT molecular complexity index is 405. The van der Waals surface area contributed by atoms with Crippen LogP contribution in [-0.2, 0) is 9.59 Å². The summed E-state index contributed by atoms with van der Waals surface area (Å²) in [7, 11) is 0. The number of carbonyl (C=O) groups is 2. The van der Waals surface area contributed by atoms with E-state index in [0.29, 0.717) is 12.5 Å². The smallest absolute Gasteiger partial charge is 0.237 e. The molecule has 6 nitrogen and oxygen atoms in total. The summed E-state index contributed by atoms with van der Waals surface area (Å²) >= 11 is 0. The molecule has 2 saturated heterocycles. The number of piperidine rings is 1. The van der Waals surface area contributed by atoms with E-state index in [-0.39, 0.29) is 23.4 Å². The van der Waals surface area contributed by atoms with Gasteiger partial charge in [-0.05, 0) is 72.0 Å². The lowest BCUT2D eigenvalue weighted by molar-refractivity contribution is -0.124. The first kappa shape index (κ1) is 18.2. The van der Waals surface area contributed by atoms with Crippen molar-refractivity contribution < 1.29 is 9.59 Å². The van der Waals surface area contributed by atoms with Crippen LogP contribution in [0.15, 0.2) is 0 Å². The monoisotopic (exact) mass is 324 g/mol. The Labute approximate surface area is 139 Å². The molecule has 23 heavy (non-hydrogen) atoms. The fourth-order valence-corrected chi connectivity index (χ4v) is 3.29. The summed E-state index contributed by atoms with van der Waals surface area (Å²) < 4.78 is 0. The third-order valence-corrected chi connectivity index (χ3v) is 4.53. The van der Waals surface area contributed by atoms with Gasteiger partial charge in [0.15, 0.2) is 0 Å². The summed E-state index contributed by atoms with van der Waals surface area (Å²) in [5, 5.41) is 9.31. The molecule has 0 bridgehead atoms. The summed E-state index contributed by atoms with van der Waals surface area (Å²) in [5.41, 5.74) is -0.173. The molecule has 0 radical (unpaired) electrons. The Morgan fingerprint density at radius 2 is 1.87 bits per heavy atom. The van der Waals surface area contributed by atoms with E-state index in [9.17, 15) is 9.59 Å². The summed E-state index contributed by atoms with van der Waals surface area (Å²) in [6, 6.07) is 0.0104. The second-order valence-corrected chi connectivity index (χ2v) is 7.91. The highest BCUT2D eigenvalue weighted by Gasteiger charge is 2.25. The van der Waals surface area contributed by atoms with Crippen molar-refractivity contribution >= 4 is 11.8 Å². The van der Waals surface area contributed by atoms with Crippen molar-refractivity contribution in [2.24, 2.45) is 5.92 Å². The number of hydrogen-bond acceptors (Lipinski definition) is 4. The highest BCUT2D eigenvalue weighted by Crippen LogP contribution is 2.16. The molecule has 2 amide bonds. The van der Waals surface area contributed by atoms with Crippen LogP contribution in [0.2, 0.25) is 0 Å². The van der Waals surface area contributed by atoms with E-state index in [0.717, 1.165) is 51.9 Å². The van der Waals surface area contributed by atoms with Gasteiger partial charge < -0.3 is 16.0 Å². The van der Waals surface area contributed by atoms with Crippen LogP contribution >= 0.6 is 0 Å². The number of hydrogen-bond donors (Lipinski definition) is 3. The van der Waals surface area contributed by atoms with Crippen molar-refractivity contribution in [1.82, 2.24) is 20.9 Å². The summed E-state index contributed by atoms with van der Waals surface area (Å²) in [5.74, 6) is 0.772. The van der Waals surface area contributed by atoms with Crippen molar-refractivity contribution in [2.45, 2.75) is 58.0 Å². The third kappa shape index (κ3) is 6.47. The molecule has 2 heterocycles. The molecular formula is C17H32N4O2. The van der Waals surface area contributed by atoms with Crippen LogP contribution in [-0.4, -0.2) is 61.0 Å². The minimum atomic E-state index is -0.173. The molecule has 2 fully saturated rings. The quantitative estimate of drug-likeness (QED) is 0.688. The molecular weight excluding hydrogens is 292 g/mol. The first-order valence-corrected chi connectivity index (χ1v) is 8.88. The number of nitrogens with zero attached hydrogens (tertiary/aromatic N) is 1. The van der Waals surface area contributed by atoms with Gasteiger partial charge in [0.05, 0.1) is 12.6 Å².